The Labute approximate surface area is 183 Å². The van der Waals surface area contributed by atoms with Gasteiger partial charge in [-0.1, -0.05) is 42.5 Å². The number of aromatic nitrogens is 4. The molecule has 0 saturated heterocycles. The van der Waals surface area contributed by atoms with Crippen molar-refractivity contribution in [2.24, 2.45) is 0 Å². The summed E-state index contributed by atoms with van der Waals surface area (Å²) in [5.41, 5.74) is 2.41. The second kappa shape index (κ2) is 9.61. The number of hydrogen-bond acceptors (Lipinski definition) is 5. The predicted octanol–water partition coefficient (Wildman–Crippen LogP) is 3.30. The van der Waals surface area contributed by atoms with Gasteiger partial charge < -0.3 is 10.6 Å². The van der Waals surface area contributed by atoms with Crippen LogP contribution in [-0.4, -0.2) is 32.0 Å². The zero-order valence-corrected chi connectivity index (χ0v) is 16.9. The van der Waals surface area contributed by atoms with E-state index in [4.69, 9.17) is 0 Å². The van der Waals surface area contributed by atoms with Gasteiger partial charge >= 0.3 is 0 Å². The first kappa shape index (κ1) is 20.9. The first-order chi connectivity index (χ1) is 15.6. The highest BCUT2D eigenvalue weighted by molar-refractivity contribution is 6.00. The Hall–Kier alpha value is -4.40. The summed E-state index contributed by atoms with van der Waals surface area (Å²) in [5.74, 6) is -0.622. The molecule has 0 bridgehead atoms. The molecule has 32 heavy (non-hydrogen) atoms. The summed E-state index contributed by atoms with van der Waals surface area (Å²) in [6.07, 6.45) is 0.217. The highest BCUT2D eigenvalue weighted by Crippen LogP contribution is 2.22. The number of amides is 2. The largest absolute Gasteiger partial charge is 0.324 e. The molecule has 0 aliphatic rings. The topological polar surface area (TPSA) is 102 Å². The number of benzene rings is 3. The lowest BCUT2D eigenvalue weighted by Gasteiger charge is -2.12. The van der Waals surface area contributed by atoms with Crippen LogP contribution in [0.4, 0.5) is 15.8 Å². The third-order valence-electron chi connectivity index (χ3n) is 4.61. The summed E-state index contributed by atoms with van der Waals surface area (Å²) < 4.78 is 14.5. The average Bonchev–Trinajstić information content (AvgIpc) is 3.24. The minimum absolute atomic E-state index is 0.161. The van der Waals surface area contributed by atoms with E-state index in [9.17, 15) is 14.0 Å². The fraction of sp³-hybridized carbons (Fsp3) is 0.0870. The van der Waals surface area contributed by atoms with Crippen molar-refractivity contribution >= 4 is 23.2 Å². The van der Waals surface area contributed by atoms with Crippen LogP contribution in [0.15, 0.2) is 78.9 Å². The summed E-state index contributed by atoms with van der Waals surface area (Å²) in [6.45, 7) is -0.161. The molecule has 2 N–H and O–H groups in total. The maximum Gasteiger partial charge on any atom is 0.246 e. The van der Waals surface area contributed by atoms with E-state index >= 15 is 0 Å². The lowest BCUT2D eigenvalue weighted by Crippen LogP contribution is -2.22. The van der Waals surface area contributed by atoms with Gasteiger partial charge in [-0.15, -0.1) is 5.10 Å². The van der Waals surface area contributed by atoms with Crippen molar-refractivity contribution in [2.75, 3.05) is 10.6 Å². The lowest BCUT2D eigenvalue weighted by molar-refractivity contribution is -0.117. The lowest BCUT2D eigenvalue weighted by atomic mass is 10.1. The fourth-order valence-electron chi connectivity index (χ4n) is 3.12. The predicted molar refractivity (Wildman–Crippen MR) is 117 cm³/mol. The standard InChI is InChI=1S/C23H19FN6O2/c24-18-12-10-17(11-13-18)23-27-28-29-30(23)15-22(32)26-20-9-5-4-8-19(20)25-21(31)14-16-6-2-1-3-7-16/h1-13H,14-15H2,(H,25,31)(H,26,32). The molecule has 4 aromatic rings. The van der Waals surface area contributed by atoms with Crippen LogP contribution in [0.3, 0.4) is 0 Å². The van der Waals surface area contributed by atoms with Crippen molar-refractivity contribution in [2.45, 2.75) is 13.0 Å². The number of carbonyl (C=O) groups excluding carboxylic acids is 2. The van der Waals surface area contributed by atoms with E-state index in [1.54, 1.807) is 24.3 Å². The van der Waals surface area contributed by atoms with Crippen LogP contribution in [-0.2, 0) is 22.6 Å². The molecule has 0 fully saturated rings. The molecule has 0 atom stereocenters. The molecule has 0 radical (unpaired) electrons. The molecule has 1 heterocycles. The Morgan fingerprint density at radius 1 is 0.812 bits per heavy atom. The van der Waals surface area contributed by atoms with Crippen LogP contribution in [0, 0.1) is 5.82 Å². The van der Waals surface area contributed by atoms with E-state index < -0.39 is 0 Å². The van der Waals surface area contributed by atoms with Crippen LogP contribution in [0.1, 0.15) is 5.56 Å². The highest BCUT2D eigenvalue weighted by atomic mass is 19.1. The van der Waals surface area contributed by atoms with Gasteiger partial charge in [-0.2, -0.15) is 0 Å². The number of nitrogens with one attached hydrogen (secondary N) is 2. The number of carbonyl (C=O) groups is 2. The van der Waals surface area contributed by atoms with Gasteiger partial charge in [0, 0.05) is 5.56 Å². The van der Waals surface area contributed by atoms with Crippen LogP contribution in [0.25, 0.3) is 11.4 Å². The van der Waals surface area contributed by atoms with Gasteiger partial charge in [0.1, 0.15) is 12.4 Å². The molecule has 160 valence electrons. The van der Waals surface area contributed by atoms with Gasteiger partial charge in [-0.3, -0.25) is 9.59 Å². The second-order valence-electron chi connectivity index (χ2n) is 6.97. The molecule has 0 unspecified atom stereocenters. The van der Waals surface area contributed by atoms with E-state index in [2.05, 4.69) is 26.2 Å². The van der Waals surface area contributed by atoms with E-state index in [1.165, 1.54) is 28.9 Å². The summed E-state index contributed by atoms with van der Waals surface area (Å²) in [4.78, 5) is 25.1. The molecule has 0 saturated carbocycles. The first-order valence-electron chi connectivity index (χ1n) is 9.83. The zero-order chi connectivity index (χ0) is 22.3. The molecule has 0 aliphatic carbocycles. The van der Waals surface area contributed by atoms with Gasteiger partial charge in [0.05, 0.1) is 17.8 Å². The Bertz CT molecular complexity index is 1220. The Balaban J connectivity index is 1.43. The van der Waals surface area contributed by atoms with Gasteiger partial charge in [0.15, 0.2) is 5.82 Å². The summed E-state index contributed by atoms with van der Waals surface area (Å²) in [7, 11) is 0. The molecule has 0 aliphatic heterocycles. The van der Waals surface area contributed by atoms with Gasteiger partial charge in [-0.05, 0) is 52.4 Å². The molecular weight excluding hydrogens is 411 g/mol. The summed E-state index contributed by atoms with van der Waals surface area (Å²) in [5, 5.41) is 17.0. The monoisotopic (exact) mass is 430 g/mol. The van der Waals surface area contributed by atoms with Gasteiger partial charge in [-0.25, -0.2) is 9.07 Å². The van der Waals surface area contributed by atoms with Crippen LogP contribution >= 0.6 is 0 Å². The maximum absolute atomic E-state index is 13.2. The van der Waals surface area contributed by atoms with E-state index in [-0.39, 0.29) is 30.6 Å². The minimum atomic E-state index is -0.384. The normalized spacial score (nSPS) is 10.5. The third kappa shape index (κ3) is 5.20. The van der Waals surface area contributed by atoms with Crippen molar-refractivity contribution in [1.82, 2.24) is 20.2 Å². The number of para-hydroxylation sites is 2. The minimum Gasteiger partial charge on any atom is -0.324 e. The van der Waals surface area contributed by atoms with E-state index in [1.807, 2.05) is 30.3 Å². The van der Waals surface area contributed by atoms with Crippen molar-refractivity contribution in [3.8, 4) is 11.4 Å². The smallest absolute Gasteiger partial charge is 0.246 e. The first-order valence-corrected chi connectivity index (χ1v) is 9.83. The number of halogens is 1. The number of anilines is 2. The Kier molecular flexibility index (Phi) is 6.26. The Morgan fingerprint density at radius 2 is 1.44 bits per heavy atom. The van der Waals surface area contributed by atoms with Crippen LogP contribution in [0.2, 0.25) is 0 Å². The fourth-order valence-corrected chi connectivity index (χ4v) is 3.12. The van der Waals surface area contributed by atoms with Gasteiger partial charge in [0.25, 0.3) is 0 Å². The molecule has 1 aromatic heterocycles. The third-order valence-corrected chi connectivity index (χ3v) is 4.61. The second-order valence-corrected chi connectivity index (χ2v) is 6.97. The molecule has 4 rings (SSSR count). The van der Waals surface area contributed by atoms with Crippen molar-refractivity contribution in [1.29, 1.82) is 0 Å². The molecule has 8 nitrogen and oxygen atoms in total. The molecule has 3 aromatic carbocycles. The number of rotatable bonds is 7. The number of hydrogen-bond donors (Lipinski definition) is 2. The number of nitrogens with zero attached hydrogens (tertiary/aromatic N) is 4. The van der Waals surface area contributed by atoms with E-state index in [0.29, 0.717) is 22.8 Å². The molecular formula is C23H19FN6O2. The maximum atomic E-state index is 13.2. The average molecular weight is 430 g/mol. The molecule has 2 amide bonds. The zero-order valence-electron chi connectivity index (χ0n) is 16.9. The summed E-state index contributed by atoms with van der Waals surface area (Å²) in [6, 6.07) is 22.0. The summed E-state index contributed by atoms with van der Waals surface area (Å²) >= 11 is 0. The molecule has 9 heteroatoms. The van der Waals surface area contributed by atoms with E-state index in [0.717, 1.165) is 5.56 Å². The van der Waals surface area contributed by atoms with Crippen LogP contribution < -0.4 is 10.6 Å². The van der Waals surface area contributed by atoms with Gasteiger partial charge in [0.2, 0.25) is 11.8 Å². The quantitative estimate of drug-likeness (QED) is 0.468. The van der Waals surface area contributed by atoms with Crippen molar-refractivity contribution in [3.63, 3.8) is 0 Å². The molecule has 0 spiro atoms. The number of tetrazole rings is 1. The Morgan fingerprint density at radius 3 is 2.12 bits per heavy atom. The highest BCUT2D eigenvalue weighted by Gasteiger charge is 2.14. The van der Waals surface area contributed by atoms with Crippen LogP contribution in [0.5, 0.6) is 0 Å². The SMILES string of the molecule is O=C(Cc1ccccc1)Nc1ccccc1NC(=O)Cn1nnnc1-c1ccc(F)cc1. The van der Waals surface area contributed by atoms with Crippen molar-refractivity contribution in [3.05, 3.63) is 90.2 Å². The van der Waals surface area contributed by atoms with Crippen molar-refractivity contribution < 1.29 is 14.0 Å².